The first-order valence-electron chi connectivity index (χ1n) is 6.29. The Morgan fingerprint density at radius 3 is 2.15 bits per heavy atom. The van der Waals surface area contributed by atoms with Crippen LogP contribution in [0.5, 0.6) is 0 Å². The highest BCUT2D eigenvalue weighted by Crippen LogP contribution is 2.32. The SMILES string of the molecule is O=C1CCc2ccc(-c3ccc(C(F)(F)F)cc3)cc21. The zero-order valence-electron chi connectivity index (χ0n) is 10.5. The molecule has 20 heavy (non-hydrogen) atoms. The first-order chi connectivity index (χ1) is 9.45. The molecule has 102 valence electrons. The predicted molar refractivity (Wildman–Crippen MR) is 69.5 cm³/mol. The van der Waals surface area contributed by atoms with Gasteiger partial charge in [0.05, 0.1) is 5.56 Å². The number of halogens is 3. The molecule has 0 bridgehead atoms. The average molecular weight is 276 g/mol. The lowest BCUT2D eigenvalue weighted by molar-refractivity contribution is -0.137. The van der Waals surface area contributed by atoms with Crippen LogP contribution in [0.1, 0.15) is 27.9 Å². The summed E-state index contributed by atoms with van der Waals surface area (Å²) < 4.78 is 37.5. The molecule has 1 aliphatic carbocycles. The van der Waals surface area contributed by atoms with E-state index in [-0.39, 0.29) is 5.78 Å². The van der Waals surface area contributed by atoms with E-state index in [1.54, 1.807) is 6.07 Å². The Morgan fingerprint density at radius 1 is 0.850 bits per heavy atom. The molecular formula is C16H11F3O. The molecule has 0 heterocycles. The molecule has 0 fully saturated rings. The minimum atomic E-state index is -4.33. The molecule has 1 nitrogen and oxygen atoms in total. The second-order valence-electron chi connectivity index (χ2n) is 4.87. The Morgan fingerprint density at radius 2 is 1.50 bits per heavy atom. The van der Waals surface area contributed by atoms with Crippen molar-refractivity contribution in [2.75, 3.05) is 0 Å². The van der Waals surface area contributed by atoms with Crippen molar-refractivity contribution in [3.63, 3.8) is 0 Å². The number of hydrogen-bond donors (Lipinski definition) is 0. The molecule has 0 N–H and O–H groups in total. The Hall–Kier alpha value is -2.10. The van der Waals surface area contributed by atoms with Crippen LogP contribution in [0.3, 0.4) is 0 Å². The number of hydrogen-bond acceptors (Lipinski definition) is 1. The highest BCUT2D eigenvalue weighted by Gasteiger charge is 2.30. The number of aryl methyl sites for hydroxylation is 1. The minimum absolute atomic E-state index is 0.105. The molecule has 0 atom stereocenters. The third-order valence-corrected chi connectivity index (χ3v) is 3.58. The predicted octanol–water partition coefficient (Wildman–Crippen LogP) is 4.50. The molecule has 3 rings (SSSR count). The number of carbonyl (C=O) groups is 1. The molecule has 0 aromatic heterocycles. The maximum absolute atomic E-state index is 12.5. The summed E-state index contributed by atoms with van der Waals surface area (Å²) in [4.78, 5) is 11.7. The van der Waals surface area contributed by atoms with Crippen molar-refractivity contribution in [1.82, 2.24) is 0 Å². The van der Waals surface area contributed by atoms with Gasteiger partial charge in [-0.2, -0.15) is 13.2 Å². The summed E-state index contributed by atoms with van der Waals surface area (Å²) in [5.74, 6) is 0.105. The van der Waals surface area contributed by atoms with Gasteiger partial charge in [-0.05, 0) is 41.3 Å². The van der Waals surface area contributed by atoms with Crippen molar-refractivity contribution in [1.29, 1.82) is 0 Å². The van der Waals surface area contributed by atoms with Crippen LogP contribution >= 0.6 is 0 Å². The van der Waals surface area contributed by atoms with Gasteiger partial charge in [-0.15, -0.1) is 0 Å². The molecule has 0 spiro atoms. The maximum Gasteiger partial charge on any atom is 0.416 e. The van der Waals surface area contributed by atoms with E-state index in [4.69, 9.17) is 0 Å². The van der Waals surface area contributed by atoms with E-state index in [0.717, 1.165) is 29.7 Å². The zero-order chi connectivity index (χ0) is 14.3. The van der Waals surface area contributed by atoms with Gasteiger partial charge < -0.3 is 0 Å². The summed E-state index contributed by atoms with van der Waals surface area (Å²) in [6, 6.07) is 10.5. The number of benzene rings is 2. The second-order valence-corrected chi connectivity index (χ2v) is 4.87. The van der Waals surface area contributed by atoms with Gasteiger partial charge in [-0.25, -0.2) is 0 Å². The molecule has 0 saturated carbocycles. The highest BCUT2D eigenvalue weighted by atomic mass is 19.4. The smallest absolute Gasteiger partial charge is 0.294 e. The van der Waals surface area contributed by atoms with Gasteiger partial charge in [0.1, 0.15) is 0 Å². The molecular weight excluding hydrogens is 265 g/mol. The quantitative estimate of drug-likeness (QED) is 0.749. The van der Waals surface area contributed by atoms with Gasteiger partial charge in [-0.1, -0.05) is 24.3 Å². The number of alkyl halides is 3. The third-order valence-electron chi connectivity index (χ3n) is 3.58. The highest BCUT2D eigenvalue weighted by molar-refractivity contribution is 6.01. The van der Waals surface area contributed by atoms with Gasteiger partial charge in [0.25, 0.3) is 0 Å². The van der Waals surface area contributed by atoms with E-state index in [2.05, 4.69) is 0 Å². The van der Waals surface area contributed by atoms with Crippen LogP contribution in [-0.2, 0) is 12.6 Å². The number of Topliss-reactive ketones (excluding diaryl/α,β-unsaturated/α-hetero) is 1. The standard InChI is InChI=1S/C16H11F3O/c17-16(18,19)13-6-3-10(4-7-13)12-2-1-11-5-8-15(20)14(11)9-12/h1-4,6-7,9H,5,8H2. The van der Waals surface area contributed by atoms with Gasteiger partial charge in [-0.3, -0.25) is 4.79 Å². The van der Waals surface area contributed by atoms with E-state index in [9.17, 15) is 18.0 Å². The van der Waals surface area contributed by atoms with E-state index >= 15 is 0 Å². The first-order valence-corrected chi connectivity index (χ1v) is 6.29. The molecule has 0 saturated heterocycles. The molecule has 0 aliphatic heterocycles. The fraction of sp³-hybridized carbons (Fsp3) is 0.188. The lowest BCUT2D eigenvalue weighted by atomic mass is 9.99. The van der Waals surface area contributed by atoms with Crippen molar-refractivity contribution in [3.05, 3.63) is 59.2 Å². The second kappa shape index (κ2) is 4.47. The summed E-state index contributed by atoms with van der Waals surface area (Å²) in [7, 11) is 0. The van der Waals surface area contributed by atoms with Crippen LogP contribution in [0.15, 0.2) is 42.5 Å². The van der Waals surface area contributed by atoms with Crippen LogP contribution in [0.2, 0.25) is 0 Å². The Bertz CT molecular complexity index is 669. The Balaban J connectivity index is 1.98. The van der Waals surface area contributed by atoms with Crippen LogP contribution in [0.25, 0.3) is 11.1 Å². The van der Waals surface area contributed by atoms with Gasteiger partial charge >= 0.3 is 6.18 Å². The first kappa shape index (κ1) is 12.9. The third kappa shape index (κ3) is 2.22. The number of carbonyl (C=O) groups excluding carboxylic acids is 1. The van der Waals surface area contributed by atoms with Gasteiger partial charge in [0, 0.05) is 12.0 Å². The van der Waals surface area contributed by atoms with Crippen molar-refractivity contribution in [2.45, 2.75) is 19.0 Å². The maximum atomic E-state index is 12.5. The molecule has 2 aromatic rings. The lowest BCUT2D eigenvalue weighted by Gasteiger charge is -2.08. The fourth-order valence-corrected chi connectivity index (χ4v) is 2.47. The number of ketones is 1. The fourth-order valence-electron chi connectivity index (χ4n) is 2.47. The number of fused-ring (bicyclic) bond motifs is 1. The van der Waals surface area contributed by atoms with E-state index in [1.807, 2.05) is 12.1 Å². The summed E-state index contributed by atoms with van der Waals surface area (Å²) >= 11 is 0. The summed E-state index contributed by atoms with van der Waals surface area (Å²) in [6.45, 7) is 0. The van der Waals surface area contributed by atoms with Crippen LogP contribution < -0.4 is 0 Å². The van der Waals surface area contributed by atoms with E-state index in [1.165, 1.54) is 12.1 Å². The summed E-state index contributed by atoms with van der Waals surface area (Å²) in [5, 5.41) is 0. The normalized spacial score (nSPS) is 14.4. The lowest BCUT2D eigenvalue weighted by Crippen LogP contribution is -2.04. The van der Waals surface area contributed by atoms with Gasteiger partial charge in [0.15, 0.2) is 5.78 Å². The van der Waals surface area contributed by atoms with Crippen molar-refractivity contribution < 1.29 is 18.0 Å². The van der Waals surface area contributed by atoms with E-state index in [0.29, 0.717) is 17.5 Å². The summed E-state index contributed by atoms with van der Waals surface area (Å²) in [6.07, 6.45) is -3.06. The van der Waals surface area contributed by atoms with Gasteiger partial charge in [0.2, 0.25) is 0 Å². The largest absolute Gasteiger partial charge is 0.416 e. The monoisotopic (exact) mass is 276 g/mol. The molecule has 1 aliphatic rings. The molecule has 0 unspecified atom stereocenters. The molecule has 2 aromatic carbocycles. The van der Waals surface area contributed by atoms with Crippen LogP contribution in [0, 0.1) is 0 Å². The Kier molecular flexibility index (Phi) is 2.89. The van der Waals surface area contributed by atoms with E-state index < -0.39 is 11.7 Å². The van der Waals surface area contributed by atoms with Crippen LogP contribution in [-0.4, -0.2) is 5.78 Å². The van der Waals surface area contributed by atoms with Crippen molar-refractivity contribution in [3.8, 4) is 11.1 Å². The minimum Gasteiger partial charge on any atom is -0.294 e. The topological polar surface area (TPSA) is 17.1 Å². The molecule has 0 amide bonds. The van der Waals surface area contributed by atoms with Crippen LogP contribution in [0.4, 0.5) is 13.2 Å². The zero-order valence-corrected chi connectivity index (χ0v) is 10.5. The van der Waals surface area contributed by atoms with Crippen molar-refractivity contribution in [2.24, 2.45) is 0 Å². The Labute approximate surface area is 114 Å². The molecule has 0 radical (unpaired) electrons. The average Bonchev–Trinajstić information content (AvgIpc) is 2.79. The summed E-state index contributed by atoms with van der Waals surface area (Å²) in [5.41, 5.74) is 2.50. The molecule has 4 heteroatoms. The van der Waals surface area contributed by atoms with Crippen molar-refractivity contribution >= 4 is 5.78 Å². The number of rotatable bonds is 1.